The summed E-state index contributed by atoms with van der Waals surface area (Å²) < 4.78 is 0. The van der Waals surface area contributed by atoms with Crippen LogP contribution in [0.4, 0.5) is 5.69 Å². The molecule has 0 bridgehead atoms. The lowest BCUT2D eigenvalue weighted by Gasteiger charge is -2.11. The fraction of sp³-hybridized carbons (Fsp3) is 0.222. The van der Waals surface area contributed by atoms with Crippen molar-refractivity contribution >= 4 is 17.5 Å². The van der Waals surface area contributed by atoms with E-state index in [2.05, 4.69) is 15.5 Å². The number of hydrogen-bond acceptors (Lipinski definition) is 3. The first kappa shape index (κ1) is 16.7. The summed E-state index contributed by atoms with van der Waals surface area (Å²) in [4.78, 5) is 25.9. The van der Waals surface area contributed by atoms with Gasteiger partial charge in [-0.25, -0.2) is 0 Å². The van der Waals surface area contributed by atoms with Crippen molar-refractivity contribution in [3.8, 4) is 0 Å². The van der Waals surface area contributed by atoms with Crippen LogP contribution in [0.3, 0.4) is 0 Å². The molecule has 0 radical (unpaired) electrons. The molecule has 0 aliphatic heterocycles. The maximum atomic E-state index is 11.9. The Hall–Kier alpha value is -2.66. The molecule has 120 valence electrons. The third-order valence-corrected chi connectivity index (χ3v) is 3.16. The van der Waals surface area contributed by atoms with E-state index in [9.17, 15) is 9.59 Å². The highest BCUT2D eigenvalue weighted by atomic mass is 16.2. The number of hydrogen-bond donors (Lipinski definition) is 2. The van der Waals surface area contributed by atoms with Crippen molar-refractivity contribution in [1.29, 1.82) is 0 Å². The Labute approximate surface area is 136 Å². The fourth-order valence-electron chi connectivity index (χ4n) is 2.17. The first-order valence-corrected chi connectivity index (χ1v) is 7.41. The summed E-state index contributed by atoms with van der Waals surface area (Å²) in [6.07, 6.45) is 0. The number of amides is 2. The molecule has 0 aliphatic rings. The minimum absolute atomic E-state index is 0.0639. The van der Waals surface area contributed by atoms with Crippen LogP contribution in [0.1, 0.15) is 15.9 Å². The number of benzene rings is 2. The van der Waals surface area contributed by atoms with Crippen LogP contribution in [0.15, 0.2) is 54.6 Å². The monoisotopic (exact) mass is 311 g/mol. The van der Waals surface area contributed by atoms with E-state index in [1.165, 1.54) is 0 Å². The minimum atomic E-state index is -0.262. The molecule has 5 nitrogen and oxygen atoms in total. The average Bonchev–Trinajstić information content (AvgIpc) is 2.53. The van der Waals surface area contributed by atoms with Crippen molar-refractivity contribution in [2.75, 3.05) is 26.0 Å². The lowest BCUT2D eigenvalue weighted by Crippen LogP contribution is -2.32. The molecular formula is C18H21N3O2. The van der Waals surface area contributed by atoms with Crippen molar-refractivity contribution in [3.05, 3.63) is 65.7 Å². The number of carbonyl (C=O) groups is 2. The number of rotatable bonds is 6. The predicted octanol–water partition coefficient (Wildman–Crippen LogP) is 2.12. The highest BCUT2D eigenvalue weighted by Crippen LogP contribution is 2.11. The van der Waals surface area contributed by atoms with Crippen LogP contribution in [-0.4, -0.2) is 37.4 Å². The number of anilines is 1. The average molecular weight is 311 g/mol. The third-order valence-electron chi connectivity index (χ3n) is 3.16. The van der Waals surface area contributed by atoms with Crippen LogP contribution in [0.5, 0.6) is 0 Å². The molecule has 2 aromatic rings. The summed E-state index contributed by atoms with van der Waals surface area (Å²) in [7, 11) is 3.98. The van der Waals surface area contributed by atoms with Crippen LogP contribution in [-0.2, 0) is 11.3 Å². The molecule has 0 fully saturated rings. The molecule has 2 amide bonds. The molecule has 0 saturated carbocycles. The second kappa shape index (κ2) is 8.10. The van der Waals surface area contributed by atoms with E-state index >= 15 is 0 Å². The van der Waals surface area contributed by atoms with Crippen LogP contribution in [0.25, 0.3) is 0 Å². The molecule has 5 heteroatoms. The second-order valence-corrected chi connectivity index (χ2v) is 5.54. The van der Waals surface area contributed by atoms with Crippen molar-refractivity contribution in [2.24, 2.45) is 0 Å². The highest BCUT2D eigenvalue weighted by molar-refractivity contribution is 5.99. The van der Waals surface area contributed by atoms with E-state index < -0.39 is 0 Å². The normalized spacial score (nSPS) is 10.4. The van der Waals surface area contributed by atoms with Crippen LogP contribution in [0, 0.1) is 0 Å². The first-order chi connectivity index (χ1) is 11.0. The Morgan fingerprint density at radius 1 is 1.00 bits per heavy atom. The second-order valence-electron chi connectivity index (χ2n) is 5.54. The number of nitrogens with zero attached hydrogens (tertiary/aromatic N) is 1. The highest BCUT2D eigenvalue weighted by Gasteiger charge is 2.08. The Bertz CT molecular complexity index is 669. The molecule has 0 atom stereocenters. The maximum absolute atomic E-state index is 11.9. The van der Waals surface area contributed by atoms with Gasteiger partial charge < -0.3 is 15.5 Å². The van der Waals surface area contributed by atoms with Gasteiger partial charge in [0.25, 0.3) is 5.91 Å². The number of carbonyl (C=O) groups excluding carboxylic acids is 2. The SMILES string of the molecule is CN(C)Cc1cccc(NC(=O)CNC(=O)c2ccccc2)c1. The molecule has 0 aromatic heterocycles. The lowest BCUT2D eigenvalue weighted by molar-refractivity contribution is -0.115. The molecule has 2 N–H and O–H groups in total. The third kappa shape index (κ3) is 5.56. The quantitative estimate of drug-likeness (QED) is 0.859. The van der Waals surface area contributed by atoms with Gasteiger partial charge in [0.15, 0.2) is 0 Å². The Morgan fingerprint density at radius 3 is 2.43 bits per heavy atom. The van der Waals surface area contributed by atoms with Gasteiger partial charge in [-0.05, 0) is 43.9 Å². The zero-order valence-corrected chi connectivity index (χ0v) is 13.4. The summed E-state index contributed by atoms with van der Waals surface area (Å²) in [5, 5.41) is 5.40. The van der Waals surface area contributed by atoms with Crippen molar-refractivity contribution in [3.63, 3.8) is 0 Å². The van der Waals surface area contributed by atoms with Crippen molar-refractivity contribution in [2.45, 2.75) is 6.54 Å². The van der Waals surface area contributed by atoms with Crippen LogP contribution < -0.4 is 10.6 Å². The van der Waals surface area contributed by atoms with Gasteiger partial charge in [-0.3, -0.25) is 9.59 Å². The van der Waals surface area contributed by atoms with Gasteiger partial charge >= 0.3 is 0 Å². The molecule has 2 aromatic carbocycles. The maximum Gasteiger partial charge on any atom is 0.251 e. The van der Waals surface area contributed by atoms with Gasteiger partial charge in [0.2, 0.25) is 5.91 Å². The minimum Gasteiger partial charge on any atom is -0.343 e. The molecular weight excluding hydrogens is 290 g/mol. The van der Waals surface area contributed by atoms with Gasteiger partial charge in [0, 0.05) is 17.8 Å². The van der Waals surface area contributed by atoms with Gasteiger partial charge in [0.05, 0.1) is 6.54 Å². The van der Waals surface area contributed by atoms with Gasteiger partial charge in [-0.1, -0.05) is 30.3 Å². The zero-order chi connectivity index (χ0) is 16.7. The smallest absolute Gasteiger partial charge is 0.251 e. The zero-order valence-electron chi connectivity index (χ0n) is 13.4. The number of nitrogens with one attached hydrogen (secondary N) is 2. The molecule has 0 unspecified atom stereocenters. The van der Waals surface area contributed by atoms with Gasteiger partial charge in [-0.15, -0.1) is 0 Å². The van der Waals surface area contributed by atoms with E-state index in [0.717, 1.165) is 17.8 Å². The molecule has 23 heavy (non-hydrogen) atoms. The van der Waals surface area contributed by atoms with Crippen molar-refractivity contribution < 1.29 is 9.59 Å². The molecule has 0 spiro atoms. The fourth-order valence-corrected chi connectivity index (χ4v) is 2.17. The summed E-state index contributed by atoms with van der Waals surface area (Å²) in [6.45, 7) is 0.736. The van der Waals surface area contributed by atoms with E-state index in [1.54, 1.807) is 24.3 Å². The summed E-state index contributed by atoms with van der Waals surface area (Å²) >= 11 is 0. The predicted molar refractivity (Wildman–Crippen MR) is 91.2 cm³/mol. The van der Waals surface area contributed by atoms with E-state index in [1.807, 2.05) is 44.4 Å². The molecule has 0 saturated heterocycles. The van der Waals surface area contributed by atoms with Crippen LogP contribution >= 0.6 is 0 Å². The Balaban J connectivity index is 1.86. The topological polar surface area (TPSA) is 61.4 Å². The summed E-state index contributed by atoms with van der Waals surface area (Å²) in [5.74, 6) is -0.515. The van der Waals surface area contributed by atoms with E-state index in [-0.39, 0.29) is 18.4 Å². The Kier molecular flexibility index (Phi) is 5.88. The molecule has 0 aliphatic carbocycles. The Morgan fingerprint density at radius 2 is 1.74 bits per heavy atom. The summed E-state index contributed by atoms with van der Waals surface area (Å²) in [5.41, 5.74) is 2.37. The summed E-state index contributed by atoms with van der Waals surface area (Å²) in [6, 6.07) is 16.5. The van der Waals surface area contributed by atoms with E-state index in [0.29, 0.717) is 5.56 Å². The van der Waals surface area contributed by atoms with E-state index in [4.69, 9.17) is 0 Å². The van der Waals surface area contributed by atoms with Gasteiger partial charge in [0.1, 0.15) is 0 Å². The first-order valence-electron chi connectivity index (χ1n) is 7.41. The molecule has 2 rings (SSSR count). The van der Waals surface area contributed by atoms with Crippen molar-refractivity contribution in [1.82, 2.24) is 10.2 Å². The standard InChI is InChI=1S/C18H21N3O2/c1-21(2)13-14-7-6-10-16(11-14)20-17(22)12-19-18(23)15-8-4-3-5-9-15/h3-11H,12-13H2,1-2H3,(H,19,23)(H,20,22). The molecule has 0 heterocycles. The van der Waals surface area contributed by atoms with Gasteiger partial charge in [-0.2, -0.15) is 0 Å². The van der Waals surface area contributed by atoms with Crippen LogP contribution in [0.2, 0.25) is 0 Å². The largest absolute Gasteiger partial charge is 0.343 e. The lowest BCUT2D eigenvalue weighted by atomic mass is 10.2.